The van der Waals surface area contributed by atoms with E-state index in [2.05, 4.69) is 6.92 Å². The Morgan fingerprint density at radius 2 is 1.64 bits per heavy atom. The van der Waals surface area contributed by atoms with Crippen molar-refractivity contribution in [1.29, 1.82) is 0 Å². The minimum absolute atomic E-state index is 0.0459. The molecule has 1 atom stereocenters. The molecule has 0 aromatic heterocycles. The first-order valence-corrected chi connectivity index (χ1v) is 5.49. The molecule has 0 bridgehead atoms. The fourth-order valence-electron chi connectivity index (χ4n) is 2.93. The van der Waals surface area contributed by atoms with Gasteiger partial charge in [-0.05, 0) is 12.8 Å². The van der Waals surface area contributed by atoms with Gasteiger partial charge in [0.25, 0.3) is 5.97 Å². The number of methoxy groups -OCH3 is 2. The van der Waals surface area contributed by atoms with Gasteiger partial charge in [0, 0.05) is 14.2 Å². The maximum absolute atomic E-state index is 5.92. The molecule has 0 aromatic rings. The molecule has 3 heteroatoms. The molecule has 1 unspecified atom stereocenters. The topological polar surface area (TPSA) is 27.7 Å². The molecular weight excluding hydrogens is 180 g/mol. The van der Waals surface area contributed by atoms with Crippen molar-refractivity contribution < 1.29 is 14.2 Å². The summed E-state index contributed by atoms with van der Waals surface area (Å²) < 4.78 is 16.6. The van der Waals surface area contributed by atoms with Gasteiger partial charge >= 0.3 is 0 Å². The Labute approximate surface area is 85.7 Å². The molecule has 1 saturated carbocycles. The summed E-state index contributed by atoms with van der Waals surface area (Å²) in [5.74, 6) is -0.428. The van der Waals surface area contributed by atoms with E-state index in [1.807, 2.05) is 0 Å². The van der Waals surface area contributed by atoms with Crippen LogP contribution in [0.5, 0.6) is 0 Å². The van der Waals surface area contributed by atoms with Gasteiger partial charge in [-0.15, -0.1) is 0 Å². The normalized spacial score (nSPS) is 34.1. The number of hydrogen-bond donors (Lipinski definition) is 0. The summed E-state index contributed by atoms with van der Waals surface area (Å²) in [6, 6.07) is 0. The fourth-order valence-corrected chi connectivity index (χ4v) is 2.93. The highest BCUT2D eigenvalue weighted by Gasteiger charge is 2.64. The second kappa shape index (κ2) is 3.47. The van der Waals surface area contributed by atoms with E-state index < -0.39 is 5.97 Å². The molecule has 2 rings (SSSR count). The molecule has 0 aromatic carbocycles. The SMILES string of the molecule is COC1(OC)OC2(CCCCC2)C1C. The summed E-state index contributed by atoms with van der Waals surface area (Å²) in [5.41, 5.74) is 0.0459. The molecule has 1 aliphatic heterocycles. The summed E-state index contributed by atoms with van der Waals surface area (Å²) in [6.07, 6.45) is 6.19. The van der Waals surface area contributed by atoms with Crippen molar-refractivity contribution >= 4 is 0 Å². The Kier molecular flexibility index (Phi) is 2.58. The average Bonchev–Trinajstić information content (AvgIpc) is 2.26. The Bertz CT molecular complexity index is 205. The number of ether oxygens (including phenoxy) is 3. The van der Waals surface area contributed by atoms with Gasteiger partial charge in [-0.25, -0.2) is 0 Å². The van der Waals surface area contributed by atoms with E-state index in [1.165, 1.54) is 19.3 Å². The van der Waals surface area contributed by atoms with Gasteiger partial charge in [-0.2, -0.15) is 0 Å². The largest absolute Gasteiger partial charge is 0.331 e. The smallest absolute Gasteiger partial charge is 0.288 e. The van der Waals surface area contributed by atoms with Gasteiger partial charge < -0.3 is 14.2 Å². The minimum Gasteiger partial charge on any atom is -0.331 e. The molecule has 14 heavy (non-hydrogen) atoms. The van der Waals surface area contributed by atoms with Crippen molar-refractivity contribution in [2.24, 2.45) is 5.92 Å². The van der Waals surface area contributed by atoms with Crippen LogP contribution >= 0.6 is 0 Å². The molecule has 2 aliphatic rings. The molecule has 0 N–H and O–H groups in total. The van der Waals surface area contributed by atoms with E-state index in [1.54, 1.807) is 14.2 Å². The van der Waals surface area contributed by atoms with E-state index in [9.17, 15) is 0 Å². The lowest BCUT2D eigenvalue weighted by Crippen LogP contribution is -2.69. The molecule has 82 valence electrons. The Hall–Kier alpha value is -0.120. The van der Waals surface area contributed by atoms with Crippen LogP contribution in [0.15, 0.2) is 0 Å². The Balaban J connectivity index is 2.06. The first-order valence-electron chi connectivity index (χ1n) is 5.49. The molecule has 2 fully saturated rings. The van der Waals surface area contributed by atoms with Crippen molar-refractivity contribution in [3.8, 4) is 0 Å². The number of rotatable bonds is 2. The second-order valence-electron chi connectivity index (χ2n) is 4.46. The Morgan fingerprint density at radius 3 is 2.07 bits per heavy atom. The van der Waals surface area contributed by atoms with Gasteiger partial charge in [-0.3, -0.25) is 0 Å². The highest BCUT2D eigenvalue weighted by molar-refractivity contribution is 5.01. The van der Waals surface area contributed by atoms with Gasteiger partial charge in [0.1, 0.15) is 0 Å². The zero-order chi connectivity index (χ0) is 10.2. The molecule has 1 saturated heterocycles. The first kappa shape index (κ1) is 10.4. The molecular formula is C11H20O3. The third-order valence-electron chi connectivity index (χ3n) is 3.93. The summed E-state index contributed by atoms with van der Waals surface area (Å²) in [7, 11) is 3.30. The van der Waals surface area contributed by atoms with Gasteiger partial charge in [0.05, 0.1) is 11.5 Å². The van der Waals surface area contributed by atoms with Crippen molar-refractivity contribution in [3.63, 3.8) is 0 Å². The van der Waals surface area contributed by atoms with Crippen molar-refractivity contribution in [1.82, 2.24) is 0 Å². The number of hydrogen-bond acceptors (Lipinski definition) is 3. The van der Waals surface area contributed by atoms with Crippen LogP contribution in [0.1, 0.15) is 39.0 Å². The molecule has 1 heterocycles. The monoisotopic (exact) mass is 200 g/mol. The highest BCUT2D eigenvalue weighted by atomic mass is 16.9. The van der Waals surface area contributed by atoms with Crippen molar-refractivity contribution in [2.45, 2.75) is 50.6 Å². The summed E-state index contributed by atoms with van der Waals surface area (Å²) >= 11 is 0. The lowest BCUT2D eigenvalue weighted by Gasteiger charge is -2.60. The standard InChI is InChI=1S/C11H20O3/c1-9-10(7-5-4-6-8-10)14-11(9,12-2)13-3/h9H,4-8H2,1-3H3. The third-order valence-corrected chi connectivity index (χ3v) is 3.93. The van der Waals surface area contributed by atoms with Crippen molar-refractivity contribution in [2.75, 3.05) is 14.2 Å². The lowest BCUT2D eigenvalue weighted by molar-refractivity contribution is -0.513. The van der Waals surface area contributed by atoms with Gasteiger partial charge in [0.2, 0.25) is 0 Å². The van der Waals surface area contributed by atoms with E-state index in [0.717, 1.165) is 12.8 Å². The molecule has 3 nitrogen and oxygen atoms in total. The van der Waals surface area contributed by atoms with Crippen LogP contribution in [0.25, 0.3) is 0 Å². The van der Waals surface area contributed by atoms with Gasteiger partial charge in [0.15, 0.2) is 0 Å². The fraction of sp³-hybridized carbons (Fsp3) is 1.00. The summed E-state index contributed by atoms with van der Waals surface area (Å²) in [5, 5.41) is 0. The quantitative estimate of drug-likeness (QED) is 0.640. The van der Waals surface area contributed by atoms with Crippen LogP contribution < -0.4 is 0 Å². The zero-order valence-corrected chi connectivity index (χ0v) is 9.34. The van der Waals surface area contributed by atoms with Crippen LogP contribution in [0.4, 0.5) is 0 Å². The van der Waals surface area contributed by atoms with E-state index in [4.69, 9.17) is 14.2 Å². The molecule has 0 amide bonds. The van der Waals surface area contributed by atoms with E-state index in [-0.39, 0.29) is 5.60 Å². The molecule has 0 radical (unpaired) electrons. The van der Waals surface area contributed by atoms with Crippen LogP contribution in [0.3, 0.4) is 0 Å². The van der Waals surface area contributed by atoms with Crippen LogP contribution in [-0.2, 0) is 14.2 Å². The predicted molar refractivity (Wildman–Crippen MR) is 52.8 cm³/mol. The maximum Gasteiger partial charge on any atom is 0.288 e. The molecule has 1 spiro atoms. The van der Waals surface area contributed by atoms with Crippen LogP contribution in [-0.4, -0.2) is 25.8 Å². The maximum atomic E-state index is 5.92. The van der Waals surface area contributed by atoms with E-state index >= 15 is 0 Å². The highest BCUT2D eigenvalue weighted by Crippen LogP contribution is 2.54. The second-order valence-corrected chi connectivity index (χ2v) is 4.46. The molecule has 1 aliphatic carbocycles. The lowest BCUT2D eigenvalue weighted by atomic mass is 9.70. The summed E-state index contributed by atoms with van der Waals surface area (Å²) in [6.45, 7) is 2.17. The third kappa shape index (κ3) is 1.23. The zero-order valence-electron chi connectivity index (χ0n) is 9.34. The first-order chi connectivity index (χ1) is 6.69. The van der Waals surface area contributed by atoms with Crippen LogP contribution in [0, 0.1) is 5.92 Å². The summed E-state index contributed by atoms with van der Waals surface area (Å²) in [4.78, 5) is 0. The predicted octanol–water partition coefficient (Wildman–Crippen LogP) is 2.30. The Morgan fingerprint density at radius 1 is 1.07 bits per heavy atom. The van der Waals surface area contributed by atoms with Gasteiger partial charge in [-0.1, -0.05) is 26.2 Å². The van der Waals surface area contributed by atoms with Crippen LogP contribution in [0.2, 0.25) is 0 Å². The minimum atomic E-state index is -0.767. The average molecular weight is 200 g/mol. The van der Waals surface area contributed by atoms with Crippen molar-refractivity contribution in [3.05, 3.63) is 0 Å². The van der Waals surface area contributed by atoms with E-state index in [0.29, 0.717) is 5.92 Å².